The standard InChI is InChI=1S/C20H31N3O5Si/c1-14(24)21-18(20(25)27-3)12-17-16-11-15(26-2)7-8-19(16)23(22-17)13-28-9-10-29(4,5)6/h7-8,11,18H,9-10,12-13H2,1-6H3,(H,21,24). The van der Waals surface area contributed by atoms with Gasteiger partial charge in [-0.2, -0.15) is 5.10 Å². The molecular weight excluding hydrogens is 390 g/mol. The minimum absolute atomic E-state index is 0.206. The number of methoxy groups -OCH3 is 2. The molecule has 2 rings (SSSR count). The zero-order valence-corrected chi connectivity index (χ0v) is 19.1. The van der Waals surface area contributed by atoms with Crippen LogP contribution in [0.25, 0.3) is 10.9 Å². The molecule has 1 heterocycles. The van der Waals surface area contributed by atoms with E-state index in [-0.39, 0.29) is 12.3 Å². The van der Waals surface area contributed by atoms with Crippen LogP contribution >= 0.6 is 0 Å². The summed E-state index contributed by atoms with van der Waals surface area (Å²) >= 11 is 0. The molecule has 1 N–H and O–H groups in total. The summed E-state index contributed by atoms with van der Waals surface area (Å²) in [6.45, 7) is 9.27. The van der Waals surface area contributed by atoms with Crippen LogP contribution in [0.15, 0.2) is 18.2 Å². The van der Waals surface area contributed by atoms with Gasteiger partial charge in [0.2, 0.25) is 5.91 Å². The second kappa shape index (κ2) is 9.88. The summed E-state index contributed by atoms with van der Waals surface area (Å²) in [5.41, 5.74) is 1.54. The number of carbonyl (C=O) groups is 2. The van der Waals surface area contributed by atoms with Crippen LogP contribution in [0.4, 0.5) is 0 Å². The number of esters is 1. The normalized spacial score (nSPS) is 12.6. The maximum absolute atomic E-state index is 12.1. The zero-order valence-electron chi connectivity index (χ0n) is 18.1. The Kier molecular flexibility index (Phi) is 7.80. The second-order valence-electron chi connectivity index (χ2n) is 8.16. The molecule has 0 spiro atoms. The third-order valence-corrected chi connectivity index (χ3v) is 6.21. The van der Waals surface area contributed by atoms with Gasteiger partial charge >= 0.3 is 5.97 Å². The van der Waals surface area contributed by atoms with E-state index in [0.717, 1.165) is 16.9 Å². The molecule has 0 aliphatic heterocycles. The average molecular weight is 422 g/mol. The van der Waals surface area contributed by atoms with E-state index in [1.165, 1.54) is 14.0 Å². The largest absolute Gasteiger partial charge is 0.497 e. The minimum atomic E-state index is -1.17. The van der Waals surface area contributed by atoms with E-state index >= 15 is 0 Å². The molecule has 1 aromatic carbocycles. The van der Waals surface area contributed by atoms with Crippen LogP contribution in [0, 0.1) is 0 Å². The molecule has 0 saturated heterocycles. The van der Waals surface area contributed by atoms with Crippen LogP contribution in [-0.4, -0.2) is 56.6 Å². The number of carbonyl (C=O) groups excluding carboxylic acids is 2. The first kappa shape index (κ1) is 22.9. The van der Waals surface area contributed by atoms with Crippen LogP contribution in [0.1, 0.15) is 12.6 Å². The summed E-state index contributed by atoms with van der Waals surface area (Å²) in [5, 5.41) is 8.13. The van der Waals surface area contributed by atoms with E-state index in [1.807, 2.05) is 18.2 Å². The minimum Gasteiger partial charge on any atom is -0.497 e. The second-order valence-corrected chi connectivity index (χ2v) is 13.8. The lowest BCUT2D eigenvalue weighted by Gasteiger charge is -2.15. The molecule has 1 amide bonds. The van der Waals surface area contributed by atoms with Crippen LogP contribution < -0.4 is 10.1 Å². The molecule has 8 nitrogen and oxygen atoms in total. The Bertz CT molecular complexity index is 860. The Morgan fingerprint density at radius 1 is 1.24 bits per heavy atom. The average Bonchev–Trinajstić information content (AvgIpc) is 2.99. The molecule has 9 heteroatoms. The van der Waals surface area contributed by atoms with Crippen molar-refractivity contribution in [3.05, 3.63) is 23.9 Å². The number of nitrogens with one attached hydrogen (secondary N) is 1. The molecule has 0 aliphatic rings. The number of hydrogen-bond acceptors (Lipinski definition) is 6. The highest BCUT2D eigenvalue weighted by Crippen LogP contribution is 2.25. The van der Waals surface area contributed by atoms with Gasteiger partial charge in [-0.05, 0) is 24.2 Å². The molecule has 0 saturated carbocycles. The summed E-state index contributed by atoms with van der Waals surface area (Å²) in [7, 11) is 1.72. The number of aromatic nitrogens is 2. The van der Waals surface area contributed by atoms with Gasteiger partial charge in [0.1, 0.15) is 18.5 Å². The molecule has 1 aromatic heterocycles. The fourth-order valence-electron chi connectivity index (χ4n) is 2.90. The summed E-state index contributed by atoms with van der Waals surface area (Å²) in [6.07, 6.45) is 0.206. The number of hydrogen-bond donors (Lipinski definition) is 1. The van der Waals surface area contributed by atoms with Crippen molar-refractivity contribution < 1.29 is 23.8 Å². The molecule has 0 radical (unpaired) electrons. The molecule has 29 heavy (non-hydrogen) atoms. The van der Waals surface area contributed by atoms with Gasteiger partial charge in [0.25, 0.3) is 0 Å². The maximum Gasteiger partial charge on any atom is 0.328 e. The van der Waals surface area contributed by atoms with E-state index < -0.39 is 20.1 Å². The first-order chi connectivity index (χ1) is 13.6. The van der Waals surface area contributed by atoms with E-state index in [4.69, 9.17) is 14.2 Å². The highest BCUT2D eigenvalue weighted by Gasteiger charge is 2.24. The summed E-state index contributed by atoms with van der Waals surface area (Å²) < 4.78 is 17.8. The van der Waals surface area contributed by atoms with E-state index in [0.29, 0.717) is 24.8 Å². The smallest absolute Gasteiger partial charge is 0.328 e. The number of ether oxygens (including phenoxy) is 3. The van der Waals surface area contributed by atoms with Crippen LogP contribution in [0.2, 0.25) is 25.7 Å². The van der Waals surface area contributed by atoms with Crippen molar-refractivity contribution in [1.29, 1.82) is 0 Å². The van der Waals surface area contributed by atoms with Gasteiger partial charge in [0.15, 0.2) is 0 Å². The number of fused-ring (bicyclic) bond motifs is 1. The van der Waals surface area contributed by atoms with Gasteiger partial charge in [-0.1, -0.05) is 19.6 Å². The predicted molar refractivity (Wildman–Crippen MR) is 114 cm³/mol. The molecule has 160 valence electrons. The molecule has 1 atom stereocenters. The quantitative estimate of drug-likeness (QED) is 0.360. The van der Waals surface area contributed by atoms with Crippen molar-refractivity contribution in [3.63, 3.8) is 0 Å². The van der Waals surface area contributed by atoms with Crippen molar-refractivity contribution in [1.82, 2.24) is 15.1 Å². The number of amides is 1. The van der Waals surface area contributed by atoms with Gasteiger partial charge in [-0.15, -0.1) is 0 Å². The first-order valence-corrected chi connectivity index (χ1v) is 13.3. The van der Waals surface area contributed by atoms with E-state index in [2.05, 4.69) is 30.1 Å². The van der Waals surface area contributed by atoms with Gasteiger partial charge in [-0.3, -0.25) is 4.79 Å². The molecule has 0 bridgehead atoms. The lowest BCUT2D eigenvalue weighted by molar-refractivity contribution is -0.144. The van der Waals surface area contributed by atoms with Crippen LogP contribution in [0.3, 0.4) is 0 Å². The molecule has 2 aromatic rings. The monoisotopic (exact) mass is 421 g/mol. The van der Waals surface area contributed by atoms with E-state index in [1.54, 1.807) is 11.8 Å². The highest BCUT2D eigenvalue weighted by molar-refractivity contribution is 6.76. The maximum atomic E-state index is 12.1. The van der Waals surface area contributed by atoms with Gasteiger partial charge < -0.3 is 19.5 Å². The van der Waals surface area contributed by atoms with E-state index in [9.17, 15) is 9.59 Å². The Morgan fingerprint density at radius 3 is 2.55 bits per heavy atom. The van der Waals surface area contributed by atoms with Crippen LogP contribution in [-0.2, 0) is 32.2 Å². The van der Waals surface area contributed by atoms with Crippen molar-refractivity contribution >= 4 is 30.9 Å². The van der Waals surface area contributed by atoms with Crippen molar-refractivity contribution in [3.8, 4) is 5.75 Å². The Balaban J connectivity index is 2.30. The number of nitrogens with zero attached hydrogens (tertiary/aromatic N) is 2. The number of rotatable bonds is 10. The fraction of sp³-hybridized carbons (Fsp3) is 0.550. The van der Waals surface area contributed by atoms with Gasteiger partial charge in [0, 0.05) is 33.4 Å². The highest BCUT2D eigenvalue weighted by atomic mass is 28.3. The van der Waals surface area contributed by atoms with Crippen molar-refractivity contribution in [2.24, 2.45) is 0 Å². The third-order valence-electron chi connectivity index (χ3n) is 4.50. The van der Waals surface area contributed by atoms with Crippen molar-refractivity contribution in [2.75, 3.05) is 20.8 Å². The Morgan fingerprint density at radius 2 is 1.97 bits per heavy atom. The number of benzene rings is 1. The molecular formula is C20H31N3O5Si. The Hall–Kier alpha value is -2.39. The molecule has 1 unspecified atom stereocenters. The SMILES string of the molecule is COC(=O)C(Cc1nn(COCC[Si](C)(C)C)c2ccc(OC)cc12)NC(C)=O. The predicted octanol–water partition coefficient (Wildman–Crippen LogP) is 2.58. The zero-order chi connectivity index (χ0) is 21.6. The molecule has 0 aliphatic carbocycles. The van der Waals surface area contributed by atoms with Gasteiger partial charge in [-0.25, -0.2) is 9.48 Å². The first-order valence-electron chi connectivity index (χ1n) is 9.60. The van der Waals surface area contributed by atoms with Crippen LogP contribution in [0.5, 0.6) is 5.75 Å². The molecule has 0 fully saturated rings. The summed E-state index contributed by atoms with van der Waals surface area (Å²) in [6, 6.07) is 5.90. The lowest BCUT2D eigenvalue weighted by atomic mass is 10.1. The van der Waals surface area contributed by atoms with Crippen molar-refractivity contribution in [2.45, 2.75) is 51.8 Å². The summed E-state index contributed by atoms with van der Waals surface area (Å²) in [5.74, 6) is -0.138. The fourth-order valence-corrected chi connectivity index (χ4v) is 3.66. The Labute approximate surface area is 172 Å². The topological polar surface area (TPSA) is 91.7 Å². The lowest BCUT2D eigenvalue weighted by Crippen LogP contribution is -2.42. The third kappa shape index (κ3) is 6.57. The van der Waals surface area contributed by atoms with Gasteiger partial charge in [0.05, 0.1) is 25.4 Å². The summed E-state index contributed by atoms with van der Waals surface area (Å²) in [4.78, 5) is 23.6.